The third-order valence-electron chi connectivity index (χ3n) is 3.86. The van der Waals surface area contributed by atoms with Crippen molar-refractivity contribution >= 4 is 13.2 Å². The average Bonchev–Trinajstić information content (AvgIpc) is 2.55. The van der Waals surface area contributed by atoms with E-state index in [1.165, 1.54) is 6.07 Å². The summed E-state index contributed by atoms with van der Waals surface area (Å²) in [5.41, 5.74) is 6.15. The fraction of sp³-hybridized carbons (Fsp3) is 0.500. The van der Waals surface area contributed by atoms with E-state index in [2.05, 4.69) is 4.98 Å². The van der Waals surface area contributed by atoms with Gasteiger partial charge in [-0.05, 0) is 51.4 Å². The second-order valence-electron chi connectivity index (χ2n) is 5.90. The Kier molecular flexibility index (Phi) is 4.00. The van der Waals surface area contributed by atoms with Crippen LogP contribution in [0.1, 0.15) is 33.4 Å². The van der Waals surface area contributed by atoms with Crippen LogP contribution in [0, 0.1) is 5.95 Å². The minimum atomic E-state index is -0.532. The largest absolute Gasteiger partial charge is 0.491 e. The van der Waals surface area contributed by atoms with Gasteiger partial charge in [0.1, 0.15) is 0 Å². The summed E-state index contributed by atoms with van der Waals surface area (Å²) in [6.45, 7) is 8.15. The molecule has 0 bridgehead atoms. The van der Waals surface area contributed by atoms with Crippen molar-refractivity contribution in [1.82, 2.24) is 4.98 Å². The normalized spacial score (nSPS) is 21.3. The van der Waals surface area contributed by atoms with E-state index >= 15 is 0 Å². The summed E-state index contributed by atoms with van der Waals surface area (Å²) in [4.78, 5) is 3.80. The van der Waals surface area contributed by atoms with Crippen molar-refractivity contribution in [2.45, 2.75) is 38.9 Å². The number of hydrogen-bond donors (Lipinski definition) is 1. The van der Waals surface area contributed by atoms with E-state index in [4.69, 9.17) is 15.0 Å². The molecule has 1 fully saturated rings. The third-order valence-corrected chi connectivity index (χ3v) is 3.86. The molecule has 1 saturated heterocycles. The zero-order valence-corrected chi connectivity index (χ0v) is 12.3. The first kappa shape index (κ1) is 15.2. The topological polar surface area (TPSA) is 57.4 Å². The highest BCUT2D eigenvalue weighted by atomic mass is 19.1. The van der Waals surface area contributed by atoms with Gasteiger partial charge < -0.3 is 15.0 Å². The predicted octanol–water partition coefficient (Wildman–Crippen LogP) is 2.19. The van der Waals surface area contributed by atoms with Crippen LogP contribution in [-0.4, -0.2) is 29.8 Å². The van der Waals surface area contributed by atoms with E-state index in [1.807, 2.05) is 27.7 Å². The third kappa shape index (κ3) is 2.92. The summed E-state index contributed by atoms with van der Waals surface area (Å²) >= 11 is 0. The lowest BCUT2D eigenvalue weighted by Crippen LogP contribution is -2.41. The van der Waals surface area contributed by atoms with Crippen LogP contribution in [0.4, 0.5) is 4.39 Å². The van der Waals surface area contributed by atoms with Crippen LogP contribution in [0.5, 0.6) is 0 Å². The van der Waals surface area contributed by atoms with E-state index in [0.717, 1.165) is 5.47 Å². The summed E-state index contributed by atoms with van der Waals surface area (Å²) < 4.78 is 25.0. The monoisotopic (exact) mass is 278 g/mol. The molecule has 20 heavy (non-hydrogen) atoms. The zero-order chi connectivity index (χ0) is 15.0. The number of rotatable bonds is 3. The van der Waals surface area contributed by atoms with Crippen molar-refractivity contribution in [1.29, 1.82) is 0 Å². The smallest absolute Gasteiger partial charge is 0.400 e. The van der Waals surface area contributed by atoms with Crippen LogP contribution in [-0.2, 0) is 9.31 Å². The maximum atomic E-state index is 13.1. The van der Waals surface area contributed by atoms with Gasteiger partial charge in [0.2, 0.25) is 5.95 Å². The van der Waals surface area contributed by atoms with Crippen LogP contribution in [0.2, 0.25) is 0 Å². The van der Waals surface area contributed by atoms with Crippen molar-refractivity contribution in [2.24, 2.45) is 5.73 Å². The number of nitrogens with two attached hydrogens (primary N) is 1. The molecule has 0 aromatic carbocycles. The molecule has 6 heteroatoms. The summed E-state index contributed by atoms with van der Waals surface area (Å²) in [7, 11) is -0.532. The Bertz CT molecular complexity index is 516. The van der Waals surface area contributed by atoms with Gasteiger partial charge in [0.15, 0.2) is 0 Å². The molecule has 0 radical (unpaired) electrons. The van der Waals surface area contributed by atoms with Gasteiger partial charge in [0.05, 0.1) is 16.9 Å². The second kappa shape index (κ2) is 5.28. The molecule has 1 aromatic heterocycles. The van der Waals surface area contributed by atoms with Crippen molar-refractivity contribution in [2.75, 3.05) is 6.54 Å². The van der Waals surface area contributed by atoms with Gasteiger partial charge in [-0.15, -0.1) is 0 Å². The quantitative estimate of drug-likeness (QED) is 0.680. The van der Waals surface area contributed by atoms with Crippen molar-refractivity contribution in [3.63, 3.8) is 0 Å². The van der Waals surface area contributed by atoms with Gasteiger partial charge >= 0.3 is 7.12 Å². The fourth-order valence-corrected chi connectivity index (χ4v) is 1.91. The first-order chi connectivity index (χ1) is 9.25. The predicted molar refractivity (Wildman–Crippen MR) is 77.3 cm³/mol. The second-order valence-corrected chi connectivity index (χ2v) is 5.90. The van der Waals surface area contributed by atoms with Gasteiger partial charge in [-0.25, -0.2) is 4.98 Å². The molecule has 0 aliphatic carbocycles. The van der Waals surface area contributed by atoms with Gasteiger partial charge in [-0.2, -0.15) is 4.39 Å². The Morgan fingerprint density at radius 2 is 1.90 bits per heavy atom. The SMILES string of the molecule is CC1(C)OB(C(=Cc2cccc(F)n2)CN)OC1(C)C. The zero-order valence-electron chi connectivity index (χ0n) is 12.3. The molecule has 0 amide bonds. The maximum absolute atomic E-state index is 13.1. The molecule has 1 aromatic rings. The molecule has 0 atom stereocenters. The molecule has 108 valence electrons. The van der Waals surface area contributed by atoms with E-state index < -0.39 is 24.3 Å². The van der Waals surface area contributed by atoms with E-state index in [0.29, 0.717) is 5.69 Å². The molecule has 2 rings (SSSR count). The highest BCUT2D eigenvalue weighted by molar-refractivity contribution is 6.55. The maximum Gasteiger partial charge on any atom is 0.491 e. The number of nitrogens with zero attached hydrogens (tertiary/aromatic N) is 1. The number of halogens is 1. The lowest BCUT2D eigenvalue weighted by atomic mass is 9.77. The van der Waals surface area contributed by atoms with Crippen LogP contribution in [0.25, 0.3) is 6.08 Å². The molecule has 2 N–H and O–H groups in total. The molecular formula is C14H20BFN2O2. The summed E-state index contributed by atoms with van der Waals surface area (Å²) in [6, 6.07) is 4.62. The van der Waals surface area contributed by atoms with E-state index in [-0.39, 0.29) is 6.54 Å². The fourth-order valence-electron chi connectivity index (χ4n) is 1.91. The molecule has 0 unspecified atom stereocenters. The van der Waals surface area contributed by atoms with Gasteiger partial charge in [-0.1, -0.05) is 6.07 Å². The van der Waals surface area contributed by atoms with Crippen LogP contribution in [0.3, 0.4) is 0 Å². The van der Waals surface area contributed by atoms with Crippen molar-refractivity contribution in [3.05, 3.63) is 35.3 Å². The number of aromatic nitrogens is 1. The first-order valence-electron chi connectivity index (χ1n) is 6.64. The molecule has 0 saturated carbocycles. The Balaban J connectivity index is 2.26. The van der Waals surface area contributed by atoms with E-state index in [9.17, 15) is 4.39 Å². The van der Waals surface area contributed by atoms with E-state index in [1.54, 1.807) is 18.2 Å². The standard InChI is InChI=1S/C14H20BFN2O2/c1-13(2)14(3,4)20-15(19-13)10(9-17)8-11-6-5-7-12(16)18-11/h5-8H,9,17H2,1-4H3. The minimum absolute atomic E-state index is 0.259. The van der Waals surface area contributed by atoms with Crippen LogP contribution >= 0.6 is 0 Å². The lowest BCUT2D eigenvalue weighted by Gasteiger charge is -2.32. The molecular weight excluding hydrogens is 258 g/mol. The number of hydrogen-bond acceptors (Lipinski definition) is 4. The Morgan fingerprint density at radius 3 is 2.40 bits per heavy atom. The highest BCUT2D eigenvalue weighted by Gasteiger charge is 2.52. The van der Waals surface area contributed by atoms with Gasteiger partial charge in [-0.3, -0.25) is 0 Å². The summed E-state index contributed by atoms with van der Waals surface area (Å²) in [5, 5.41) is 0. The molecule has 2 heterocycles. The minimum Gasteiger partial charge on any atom is -0.400 e. The molecule has 4 nitrogen and oxygen atoms in total. The summed E-state index contributed by atoms with van der Waals surface area (Å²) in [6.07, 6.45) is 1.71. The lowest BCUT2D eigenvalue weighted by molar-refractivity contribution is 0.00578. The number of pyridine rings is 1. The highest BCUT2D eigenvalue weighted by Crippen LogP contribution is 2.38. The Labute approximate surface area is 119 Å². The Morgan fingerprint density at radius 1 is 1.30 bits per heavy atom. The molecule has 0 spiro atoms. The van der Waals surface area contributed by atoms with Crippen LogP contribution in [0.15, 0.2) is 23.7 Å². The molecule has 1 aliphatic rings. The van der Waals surface area contributed by atoms with Crippen LogP contribution < -0.4 is 5.73 Å². The van der Waals surface area contributed by atoms with Gasteiger partial charge in [0.25, 0.3) is 0 Å². The van der Waals surface area contributed by atoms with Crippen molar-refractivity contribution < 1.29 is 13.7 Å². The van der Waals surface area contributed by atoms with Gasteiger partial charge in [0, 0.05) is 6.54 Å². The Hall–Kier alpha value is -1.24. The first-order valence-corrected chi connectivity index (χ1v) is 6.64. The molecule has 1 aliphatic heterocycles. The van der Waals surface area contributed by atoms with Crippen molar-refractivity contribution in [3.8, 4) is 0 Å². The average molecular weight is 278 g/mol. The summed E-state index contributed by atoms with van der Waals surface area (Å²) in [5.74, 6) is -0.524.